The third-order valence-electron chi connectivity index (χ3n) is 3.25. The van der Waals surface area contributed by atoms with Crippen molar-refractivity contribution in [3.8, 4) is 5.75 Å². The molecule has 0 saturated heterocycles. The maximum atomic E-state index is 12.5. The largest absolute Gasteiger partial charge is 0.492 e. The van der Waals surface area contributed by atoms with E-state index in [1.54, 1.807) is 26.0 Å². The topological polar surface area (TPSA) is 73.2 Å². The second-order valence-electron chi connectivity index (χ2n) is 5.24. The van der Waals surface area contributed by atoms with Crippen LogP contribution < -0.4 is 9.46 Å². The minimum atomic E-state index is -4.53. The number of rotatable bonds is 7. The van der Waals surface area contributed by atoms with Crippen molar-refractivity contribution in [2.24, 2.45) is 0 Å². The number of hydrogen-bond acceptors (Lipinski definition) is 4. The Hall–Kier alpha value is -2.07. The zero-order valence-electron chi connectivity index (χ0n) is 13.7. The molecule has 2 rings (SSSR count). The third-order valence-corrected chi connectivity index (χ3v) is 4.73. The number of alkyl halides is 3. The highest BCUT2D eigenvalue weighted by atomic mass is 32.2. The van der Waals surface area contributed by atoms with Crippen LogP contribution in [0.4, 0.5) is 13.2 Å². The van der Waals surface area contributed by atoms with Gasteiger partial charge in [-0.25, -0.2) is 13.1 Å². The van der Waals surface area contributed by atoms with Crippen LogP contribution in [0.5, 0.6) is 5.75 Å². The average molecular weight is 377 g/mol. The van der Waals surface area contributed by atoms with Gasteiger partial charge in [0.15, 0.2) is 5.69 Å². The zero-order chi connectivity index (χ0) is 18.7. The zero-order valence-corrected chi connectivity index (χ0v) is 14.5. The molecule has 1 aromatic carbocycles. The first kappa shape index (κ1) is 19.3. The van der Waals surface area contributed by atoms with Crippen LogP contribution >= 0.6 is 0 Å². The smallest absolute Gasteiger partial charge is 0.435 e. The molecule has 0 atom stereocenters. The van der Waals surface area contributed by atoms with Crippen molar-refractivity contribution in [1.29, 1.82) is 0 Å². The van der Waals surface area contributed by atoms with Crippen molar-refractivity contribution in [3.05, 3.63) is 41.7 Å². The van der Waals surface area contributed by atoms with Crippen molar-refractivity contribution < 1.29 is 26.3 Å². The third kappa shape index (κ3) is 4.95. The summed E-state index contributed by atoms with van der Waals surface area (Å²) in [7, 11) is -3.87. The molecule has 1 N–H and O–H groups in total. The van der Waals surface area contributed by atoms with E-state index < -0.39 is 21.9 Å². The molecular weight excluding hydrogens is 359 g/mol. The summed E-state index contributed by atoms with van der Waals surface area (Å²) in [5, 5.41) is 3.37. The van der Waals surface area contributed by atoms with Gasteiger partial charge in [0.05, 0.1) is 13.2 Å². The number of halogens is 3. The summed E-state index contributed by atoms with van der Waals surface area (Å²) in [6, 6.07) is 5.61. The lowest BCUT2D eigenvalue weighted by molar-refractivity contribution is -0.141. The monoisotopic (exact) mass is 377 g/mol. The molecule has 0 aliphatic heterocycles. The predicted octanol–water partition coefficient (Wildman–Crippen LogP) is 2.59. The Labute approximate surface area is 143 Å². The van der Waals surface area contributed by atoms with E-state index in [0.717, 1.165) is 22.5 Å². The highest BCUT2D eigenvalue weighted by Crippen LogP contribution is 2.27. The second-order valence-corrected chi connectivity index (χ2v) is 6.98. The molecule has 0 fully saturated rings. The number of nitrogens with zero attached hydrogens (tertiary/aromatic N) is 2. The molecule has 25 heavy (non-hydrogen) atoms. The van der Waals surface area contributed by atoms with E-state index in [1.807, 2.05) is 0 Å². The van der Waals surface area contributed by atoms with E-state index in [1.165, 1.54) is 6.07 Å². The van der Waals surface area contributed by atoms with Crippen molar-refractivity contribution in [2.75, 3.05) is 13.2 Å². The molecule has 0 aliphatic rings. The summed E-state index contributed by atoms with van der Waals surface area (Å²) < 4.78 is 71.0. The standard InChI is InChI=1S/C15H18F3N3O3S/c1-3-24-12-5-4-11(2)10-13(12)25(22,23)19-7-9-21-8-6-14(20-21)15(16,17)18/h4-6,8,10,19H,3,7,9H2,1-2H3. The molecule has 0 unspecified atom stereocenters. The summed E-state index contributed by atoms with van der Waals surface area (Å²) in [5.74, 6) is 0.221. The molecule has 2 aromatic rings. The summed E-state index contributed by atoms with van der Waals surface area (Å²) in [5.41, 5.74) is -0.279. The number of sulfonamides is 1. The lowest BCUT2D eigenvalue weighted by Crippen LogP contribution is -2.28. The Morgan fingerprint density at radius 1 is 1.28 bits per heavy atom. The fourth-order valence-corrected chi connectivity index (χ4v) is 3.36. The number of ether oxygens (including phenoxy) is 1. The van der Waals surface area contributed by atoms with Crippen LogP contribution in [0.25, 0.3) is 0 Å². The molecule has 0 bridgehead atoms. The van der Waals surface area contributed by atoms with Crippen molar-refractivity contribution in [3.63, 3.8) is 0 Å². The lowest BCUT2D eigenvalue weighted by atomic mass is 10.2. The molecule has 0 amide bonds. The van der Waals surface area contributed by atoms with E-state index in [0.29, 0.717) is 6.61 Å². The van der Waals surface area contributed by atoms with Crippen LogP contribution in [0.15, 0.2) is 35.4 Å². The van der Waals surface area contributed by atoms with Crippen LogP contribution in [-0.4, -0.2) is 31.3 Å². The van der Waals surface area contributed by atoms with E-state index in [4.69, 9.17) is 4.74 Å². The fourth-order valence-electron chi connectivity index (χ4n) is 2.11. The van der Waals surface area contributed by atoms with Gasteiger partial charge >= 0.3 is 6.18 Å². The van der Waals surface area contributed by atoms with E-state index in [2.05, 4.69) is 9.82 Å². The molecule has 138 valence electrons. The highest BCUT2D eigenvalue weighted by molar-refractivity contribution is 7.89. The summed E-state index contributed by atoms with van der Waals surface area (Å²) in [6.07, 6.45) is -3.38. The van der Waals surface area contributed by atoms with Gasteiger partial charge in [0.2, 0.25) is 10.0 Å². The van der Waals surface area contributed by atoms with Crippen LogP contribution in [0.1, 0.15) is 18.2 Å². The van der Waals surface area contributed by atoms with Crippen LogP contribution in [0.2, 0.25) is 0 Å². The van der Waals surface area contributed by atoms with Gasteiger partial charge in [0.1, 0.15) is 10.6 Å². The van der Waals surface area contributed by atoms with Gasteiger partial charge in [0, 0.05) is 12.7 Å². The van der Waals surface area contributed by atoms with E-state index in [-0.39, 0.29) is 23.7 Å². The number of nitrogens with one attached hydrogen (secondary N) is 1. The van der Waals surface area contributed by atoms with E-state index >= 15 is 0 Å². The minimum absolute atomic E-state index is 0.00852. The summed E-state index contributed by atoms with van der Waals surface area (Å²) in [4.78, 5) is -0.00852. The molecule has 1 aromatic heterocycles. The van der Waals surface area contributed by atoms with Gasteiger partial charge in [-0.1, -0.05) is 6.07 Å². The summed E-state index contributed by atoms with van der Waals surface area (Å²) >= 11 is 0. The van der Waals surface area contributed by atoms with Gasteiger partial charge in [-0.2, -0.15) is 18.3 Å². The Morgan fingerprint density at radius 2 is 2.00 bits per heavy atom. The van der Waals surface area contributed by atoms with Gasteiger partial charge < -0.3 is 4.74 Å². The van der Waals surface area contributed by atoms with Crippen molar-refractivity contribution in [1.82, 2.24) is 14.5 Å². The SMILES string of the molecule is CCOc1ccc(C)cc1S(=O)(=O)NCCn1ccc(C(F)(F)F)n1. The van der Waals surface area contributed by atoms with Crippen molar-refractivity contribution in [2.45, 2.75) is 31.5 Å². The highest BCUT2D eigenvalue weighted by Gasteiger charge is 2.33. The maximum Gasteiger partial charge on any atom is 0.435 e. The number of benzene rings is 1. The van der Waals surface area contributed by atoms with Crippen LogP contribution in [0, 0.1) is 6.92 Å². The molecule has 0 aliphatic carbocycles. The predicted molar refractivity (Wildman–Crippen MR) is 84.8 cm³/mol. The molecule has 1 heterocycles. The molecule has 0 saturated carbocycles. The summed E-state index contributed by atoms with van der Waals surface area (Å²) in [6.45, 7) is 3.64. The average Bonchev–Trinajstić information content (AvgIpc) is 2.98. The molecular formula is C15H18F3N3O3S. The Morgan fingerprint density at radius 3 is 2.60 bits per heavy atom. The molecule has 6 nitrogen and oxygen atoms in total. The Balaban J connectivity index is 2.07. The molecule has 10 heteroatoms. The Kier molecular flexibility index (Phi) is 5.73. The first-order chi connectivity index (χ1) is 11.6. The normalized spacial score (nSPS) is 12.4. The number of hydrogen-bond donors (Lipinski definition) is 1. The fraction of sp³-hybridized carbons (Fsp3) is 0.400. The number of aromatic nitrogens is 2. The van der Waals surface area contributed by atoms with Gasteiger partial charge in [-0.3, -0.25) is 4.68 Å². The first-order valence-corrected chi connectivity index (χ1v) is 8.95. The Bertz CT molecular complexity index is 832. The quantitative estimate of drug-likeness (QED) is 0.805. The van der Waals surface area contributed by atoms with Gasteiger partial charge in [-0.05, 0) is 37.6 Å². The lowest BCUT2D eigenvalue weighted by Gasteiger charge is -2.12. The molecule has 0 spiro atoms. The van der Waals surface area contributed by atoms with Crippen molar-refractivity contribution >= 4 is 10.0 Å². The van der Waals surface area contributed by atoms with Crippen LogP contribution in [0.3, 0.4) is 0 Å². The van der Waals surface area contributed by atoms with Gasteiger partial charge in [-0.15, -0.1) is 0 Å². The first-order valence-electron chi connectivity index (χ1n) is 7.47. The van der Waals surface area contributed by atoms with Gasteiger partial charge in [0.25, 0.3) is 0 Å². The maximum absolute atomic E-state index is 12.5. The van der Waals surface area contributed by atoms with Crippen LogP contribution in [-0.2, 0) is 22.7 Å². The van der Waals surface area contributed by atoms with E-state index in [9.17, 15) is 21.6 Å². The minimum Gasteiger partial charge on any atom is -0.492 e. The number of aryl methyl sites for hydroxylation is 1. The molecule has 0 radical (unpaired) electrons. The second kappa shape index (κ2) is 7.44.